The molecule has 3 aromatic heterocycles. The number of aryl methyl sites for hydroxylation is 2. The molecule has 4 rings (SSSR count). The van der Waals surface area contributed by atoms with E-state index >= 15 is 0 Å². The summed E-state index contributed by atoms with van der Waals surface area (Å²) in [4.78, 5) is 35.5. The molecule has 0 atom stereocenters. The number of hydrogen-bond acceptors (Lipinski definition) is 6. The lowest BCUT2D eigenvalue weighted by Crippen LogP contribution is -2.50. The number of amides is 2. The standard InChI is InChI=1S/C21H27N5O2S2/c1-13(2)11-26-21-16(15(4)23-26)9-17(30-21)20(28)25-7-5-24(6-8-25)19(27)10-18-22-14(3)12-29-18/h9,12-13H,5-8,10-11H2,1-4H3. The lowest BCUT2D eigenvalue weighted by atomic mass is 10.2. The molecule has 160 valence electrons. The quantitative estimate of drug-likeness (QED) is 0.604. The van der Waals surface area contributed by atoms with E-state index in [9.17, 15) is 9.59 Å². The van der Waals surface area contributed by atoms with E-state index in [4.69, 9.17) is 0 Å². The number of carbonyl (C=O) groups excluding carboxylic acids is 2. The maximum atomic E-state index is 13.1. The molecule has 3 aromatic rings. The molecule has 0 aromatic carbocycles. The highest BCUT2D eigenvalue weighted by atomic mass is 32.1. The number of thiazole rings is 1. The van der Waals surface area contributed by atoms with Crippen molar-refractivity contribution in [2.24, 2.45) is 5.92 Å². The van der Waals surface area contributed by atoms with E-state index in [1.165, 1.54) is 22.7 Å². The van der Waals surface area contributed by atoms with Crippen molar-refractivity contribution in [3.63, 3.8) is 0 Å². The van der Waals surface area contributed by atoms with Gasteiger partial charge in [0.2, 0.25) is 5.91 Å². The number of rotatable bonds is 5. The van der Waals surface area contributed by atoms with Gasteiger partial charge in [-0.05, 0) is 25.8 Å². The Morgan fingerprint density at radius 3 is 2.47 bits per heavy atom. The Balaban J connectivity index is 1.40. The van der Waals surface area contributed by atoms with Crippen molar-refractivity contribution in [2.75, 3.05) is 26.2 Å². The number of nitrogens with zero attached hydrogens (tertiary/aromatic N) is 5. The second kappa shape index (κ2) is 8.47. The summed E-state index contributed by atoms with van der Waals surface area (Å²) in [5.41, 5.74) is 1.92. The first-order chi connectivity index (χ1) is 14.3. The smallest absolute Gasteiger partial charge is 0.264 e. The summed E-state index contributed by atoms with van der Waals surface area (Å²) < 4.78 is 2.02. The molecule has 1 aliphatic rings. The van der Waals surface area contributed by atoms with Gasteiger partial charge in [0.25, 0.3) is 5.91 Å². The zero-order valence-corrected chi connectivity index (χ0v) is 19.5. The van der Waals surface area contributed by atoms with Gasteiger partial charge in [0.1, 0.15) is 9.84 Å². The summed E-state index contributed by atoms with van der Waals surface area (Å²) in [6.45, 7) is 11.4. The van der Waals surface area contributed by atoms with Gasteiger partial charge < -0.3 is 9.80 Å². The van der Waals surface area contributed by atoms with Crippen LogP contribution in [0, 0.1) is 19.8 Å². The van der Waals surface area contributed by atoms with Crippen LogP contribution in [0.5, 0.6) is 0 Å². The van der Waals surface area contributed by atoms with Gasteiger partial charge in [-0.15, -0.1) is 22.7 Å². The molecule has 0 unspecified atom stereocenters. The summed E-state index contributed by atoms with van der Waals surface area (Å²) in [6, 6.07) is 1.98. The Kier molecular flexibility index (Phi) is 5.92. The summed E-state index contributed by atoms with van der Waals surface area (Å²) in [5, 5.41) is 8.51. The van der Waals surface area contributed by atoms with Crippen molar-refractivity contribution >= 4 is 44.7 Å². The van der Waals surface area contributed by atoms with Crippen LogP contribution >= 0.6 is 22.7 Å². The van der Waals surface area contributed by atoms with Crippen molar-refractivity contribution < 1.29 is 9.59 Å². The van der Waals surface area contributed by atoms with Crippen LogP contribution in [0.4, 0.5) is 0 Å². The van der Waals surface area contributed by atoms with Gasteiger partial charge >= 0.3 is 0 Å². The summed E-state index contributed by atoms with van der Waals surface area (Å²) in [5.74, 6) is 0.629. The highest BCUT2D eigenvalue weighted by Crippen LogP contribution is 2.30. The molecule has 4 heterocycles. The van der Waals surface area contributed by atoms with E-state index in [1.807, 2.05) is 39.8 Å². The molecule has 2 amide bonds. The summed E-state index contributed by atoms with van der Waals surface area (Å²) in [6.07, 6.45) is 0.342. The van der Waals surface area contributed by atoms with Crippen molar-refractivity contribution in [1.29, 1.82) is 0 Å². The van der Waals surface area contributed by atoms with Gasteiger partial charge in [0.15, 0.2) is 0 Å². The fraction of sp³-hybridized carbons (Fsp3) is 0.524. The van der Waals surface area contributed by atoms with Crippen LogP contribution in [0.3, 0.4) is 0 Å². The first kappa shape index (κ1) is 21.0. The zero-order valence-electron chi connectivity index (χ0n) is 17.8. The molecule has 0 N–H and O–H groups in total. The molecule has 0 bridgehead atoms. The molecule has 0 radical (unpaired) electrons. The van der Waals surface area contributed by atoms with Crippen LogP contribution in [-0.4, -0.2) is 62.6 Å². The first-order valence-corrected chi connectivity index (χ1v) is 12.0. The van der Waals surface area contributed by atoms with E-state index in [0.717, 1.165) is 38.0 Å². The molecule has 1 aliphatic heterocycles. The van der Waals surface area contributed by atoms with Crippen LogP contribution in [0.25, 0.3) is 10.2 Å². The SMILES string of the molecule is Cc1csc(CC(=O)N2CCN(C(=O)c3cc4c(C)nn(CC(C)C)c4s3)CC2)n1. The highest BCUT2D eigenvalue weighted by Gasteiger charge is 2.27. The van der Waals surface area contributed by atoms with Crippen LogP contribution in [-0.2, 0) is 17.8 Å². The molecule has 30 heavy (non-hydrogen) atoms. The molecule has 1 saturated heterocycles. The Labute approximate surface area is 184 Å². The Morgan fingerprint density at radius 2 is 1.83 bits per heavy atom. The molecule has 0 saturated carbocycles. The molecule has 7 nitrogen and oxygen atoms in total. The Hall–Kier alpha value is -2.26. The number of thiophene rings is 1. The maximum absolute atomic E-state index is 13.1. The average Bonchev–Trinajstić information content (AvgIpc) is 3.39. The van der Waals surface area contributed by atoms with Gasteiger partial charge in [-0.2, -0.15) is 5.10 Å². The second-order valence-corrected chi connectivity index (χ2v) is 10.2. The molecule has 1 fully saturated rings. The van der Waals surface area contributed by atoms with Gasteiger partial charge in [0.05, 0.1) is 17.0 Å². The predicted molar refractivity (Wildman–Crippen MR) is 120 cm³/mol. The van der Waals surface area contributed by atoms with Crippen LogP contribution < -0.4 is 0 Å². The highest BCUT2D eigenvalue weighted by molar-refractivity contribution is 7.20. The minimum atomic E-state index is 0.0503. The molecular formula is C21H27N5O2S2. The van der Waals surface area contributed by atoms with Crippen LogP contribution in [0.15, 0.2) is 11.4 Å². The lowest BCUT2D eigenvalue weighted by Gasteiger charge is -2.34. The third kappa shape index (κ3) is 4.27. The maximum Gasteiger partial charge on any atom is 0.264 e. The number of fused-ring (bicyclic) bond motifs is 1. The van der Waals surface area contributed by atoms with Gasteiger partial charge in [-0.3, -0.25) is 14.3 Å². The number of carbonyl (C=O) groups is 2. The van der Waals surface area contributed by atoms with Crippen LogP contribution in [0.2, 0.25) is 0 Å². The van der Waals surface area contributed by atoms with Crippen molar-refractivity contribution in [2.45, 2.75) is 40.7 Å². The first-order valence-electron chi connectivity index (χ1n) is 10.3. The van der Waals surface area contributed by atoms with E-state index in [2.05, 4.69) is 23.9 Å². The Morgan fingerprint density at radius 1 is 1.13 bits per heavy atom. The number of hydrogen-bond donors (Lipinski definition) is 0. The summed E-state index contributed by atoms with van der Waals surface area (Å²) >= 11 is 3.05. The number of piperazine rings is 1. The van der Waals surface area contributed by atoms with Gasteiger partial charge in [-0.25, -0.2) is 4.98 Å². The monoisotopic (exact) mass is 445 g/mol. The van der Waals surface area contributed by atoms with E-state index < -0.39 is 0 Å². The van der Waals surface area contributed by atoms with Crippen LogP contribution in [0.1, 0.15) is 39.9 Å². The molecule has 0 aliphatic carbocycles. The predicted octanol–water partition coefficient (Wildman–Crippen LogP) is 3.35. The largest absolute Gasteiger partial charge is 0.339 e. The topological polar surface area (TPSA) is 71.3 Å². The van der Waals surface area contributed by atoms with Crippen molar-refractivity contribution in [3.8, 4) is 0 Å². The molecular weight excluding hydrogens is 418 g/mol. The molecule has 0 spiro atoms. The zero-order chi connectivity index (χ0) is 21.4. The minimum Gasteiger partial charge on any atom is -0.339 e. The Bertz CT molecular complexity index is 1070. The fourth-order valence-electron chi connectivity index (χ4n) is 3.73. The normalized spacial score (nSPS) is 14.8. The van der Waals surface area contributed by atoms with E-state index in [0.29, 0.717) is 38.5 Å². The van der Waals surface area contributed by atoms with E-state index in [1.54, 1.807) is 0 Å². The lowest BCUT2D eigenvalue weighted by molar-refractivity contribution is -0.131. The minimum absolute atomic E-state index is 0.0503. The van der Waals surface area contributed by atoms with Gasteiger partial charge in [-0.1, -0.05) is 13.8 Å². The molecule has 9 heteroatoms. The van der Waals surface area contributed by atoms with E-state index in [-0.39, 0.29) is 11.8 Å². The summed E-state index contributed by atoms with van der Waals surface area (Å²) in [7, 11) is 0. The fourth-order valence-corrected chi connectivity index (χ4v) is 5.63. The van der Waals surface area contributed by atoms with Gasteiger partial charge in [0, 0.05) is 49.2 Å². The van der Waals surface area contributed by atoms with Crippen molar-refractivity contribution in [1.82, 2.24) is 24.6 Å². The number of aromatic nitrogens is 3. The third-order valence-electron chi connectivity index (χ3n) is 5.24. The van der Waals surface area contributed by atoms with Crippen molar-refractivity contribution in [3.05, 3.63) is 32.7 Å². The third-order valence-corrected chi connectivity index (χ3v) is 7.35. The second-order valence-electron chi connectivity index (χ2n) is 8.22. The average molecular weight is 446 g/mol.